The molecule has 0 saturated heterocycles. The Bertz CT molecular complexity index is 719. The molecular formula is C12H11N5O4. The minimum Gasteiger partial charge on any atom is -0.494 e. The third kappa shape index (κ3) is 2.65. The lowest BCUT2D eigenvalue weighted by Gasteiger charge is -2.10. The van der Waals surface area contributed by atoms with Gasteiger partial charge < -0.3 is 9.47 Å². The summed E-state index contributed by atoms with van der Waals surface area (Å²) in [5.41, 5.74) is 0.667. The SMILES string of the molecule is COCc1c(C#N)nnn1-c1cc([N+](=O)[O-])ccc1OC. The van der Waals surface area contributed by atoms with Crippen LogP contribution < -0.4 is 4.74 Å². The van der Waals surface area contributed by atoms with Crippen LogP contribution in [0, 0.1) is 21.4 Å². The summed E-state index contributed by atoms with van der Waals surface area (Å²) < 4.78 is 11.5. The average Bonchev–Trinajstić information content (AvgIpc) is 2.89. The van der Waals surface area contributed by atoms with E-state index in [4.69, 9.17) is 14.7 Å². The van der Waals surface area contributed by atoms with Crippen LogP contribution in [0.3, 0.4) is 0 Å². The lowest BCUT2D eigenvalue weighted by Crippen LogP contribution is -2.07. The Hall–Kier alpha value is -2.99. The molecule has 21 heavy (non-hydrogen) atoms. The van der Waals surface area contributed by atoms with Crippen molar-refractivity contribution in [3.05, 3.63) is 39.7 Å². The van der Waals surface area contributed by atoms with Gasteiger partial charge in [0.15, 0.2) is 5.69 Å². The molecule has 0 amide bonds. The maximum Gasteiger partial charge on any atom is 0.271 e. The van der Waals surface area contributed by atoms with Crippen LogP contribution in [-0.4, -0.2) is 34.1 Å². The standard InChI is InChI=1S/C12H11N5O4/c1-20-7-11-9(6-13)14-15-16(11)10-5-8(17(18)19)3-4-12(10)21-2/h3-5H,7H2,1-2H3. The molecule has 0 aliphatic rings. The zero-order valence-corrected chi connectivity index (χ0v) is 11.3. The van der Waals surface area contributed by atoms with Crippen molar-refractivity contribution < 1.29 is 14.4 Å². The van der Waals surface area contributed by atoms with Gasteiger partial charge in [0.25, 0.3) is 5.69 Å². The van der Waals surface area contributed by atoms with E-state index in [9.17, 15) is 10.1 Å². The van der Waals surface area contributed by atoms with Crippen LogP contribution in [0.2, 0.25) is 0 Å². The second kappa shape index (κ2) is 5.98. The molecule has 2 rings (SSSR count). The molecule has 108 valence electrons. The van der Waals surface area contributed by atoms with Crippen molar-refractivity contribution in [2.45, 2.75) is 6.61 Å². The lowest BCUT2D eigenvalue weighted by atomic mass is 10.2. The van der Waals surface area contributed by atoms with Gasteiger partial charge in [0, 0.05) is 19.2 Å². The summed E-state index contributed by atoms with van der Waals surface area (Å²) in [4.78, 5) is 10.4. The fourth-order valence-corrected chi connectivity index (χ4v) is 1.81. The Kier molecular flexibility index (Phi) is 4.10. The number of non-ortho nitro benzene ring substituents is 1. The van der Waals surface area contributed by atoms with Gasteiger partial charge in [-0.3, -0.25) is 10.1 Å². The van der Waals surface area contributed by atoms with Gasteiger partial charge in [0.1, 0.15) is 23.2 Å². The largest absolute Gasteiger partial charge is 0.494 e. The molecule has 0 fully saturated rings. The third-order valence-corrected chi connectivity index (χ3v) is 2.75. The molecule has 2 aromatic rings. The van der Waals surface area contributed by atoms with Crippen LogP contribution in [0.25, 0.3) is 5.69 Å². The molecule has 0 atom stereocenters. The van der Waals surface area contributed by atoms with Gasteiger partial charge in [-0.2, -0.15) is 5.26 Å². The number of ether oxygens (including phenoxy) is 2. The van der Waals surface area contributed by atoms with Gasteiger partial charge in [0.05, 0.1) is 18.6 Å². The number of rotatable bonds is 5. The van der Waals surface area contributed by atoms with E-state index in [0.717, 1.165) is 0 Å². The highest BCUT2D eigenvalue weighted by atomic mass is 16.6. The highest BCUT2D eigenvalue weighted by Crippen LogP contribution is 2.28. The number of nitro benzene ring substituents is 1. The summed E-state index contributed by atoms with van der Waals surface area (Å²) >= 11 is 0. The van der Waals surface area contributed by atoms with E-state index < -0.39 is 4.92 Å². The van der Waals surface area contributed by atoms with E-state index >= 15 is 0 Å². The second-order valence-electron chi connectivity index (χ2n) is 3.95. The summed E-state index contributed by atoms with van der Waals surface area (Å²) in [6.45, 7) is 0.0851. The van der Waals surface area contributed by atoms with Crippen LogP contribution in [0.4, 0.5) is 5.69 Å². The Balaban J connectivity index is 2.65. The van der Waals surface area contributed by atoms with Crippen LogP contribution >= 0.6 is 0 Å². The zero-order chi connectivity index (χ0) is 15.4. The number of nitro groups is 1. The molecule has 0 aliphatic heterocycles. The van der Waals surface area contributed by atoms with E-state index in [1.165, 1.54) is 37.1 Å². The second-order valence-corrected chi connectivity index (χ2v) is 3.95. The highest BCUT2D eigenvalue weighted by molar-refractivity contribution is 5.54. The molecule has 0 radical (unpaired) electrons. The van der Waals surface area contributed by atoms with Crippen LogP contribution in [0.15, 0.2) is 18.2 Å². The fraction of sp³-hybridized carbons (Fsp3) is 0.250. The van der Waals surface area contributed by atoms with Crippen molar-refractivity contribution in [2.24, 2.45) is 0 Å². The molecule has 0 spiro atoms. The van der Waals surface area contributed by atoms with Crippen molar-refractivity contribution in [3.63, 3.8) is 0 Å². The number of hydrogen-bond donors (Lipinski definition) is 0. The summed E-state index contributed by atoms with van der Waals surface area (Å²) in [6, 6.07) is 5.97. The van der Waals surface area contributed by atoms with E-state index in [0.29, 0.717) is 17.1 Å². The zero-order valence-electron chi connectivity index (χ0n) is 11.3. The fourth-order valence-electron chi connectivity index (χ4n) is 1.81. The molecule has 1 heterocycles. The lowest BCUT2D eigenvalue weighted by molar-refractivity contribution is -0.384. The van der Waals surface area contributed by atoms with E-state index in [1.807, 2.05) is 6.07 Å². The minimum absolute atomic E-state index is 0.0851. The molecule has 0 aliphatic carbocycles. The number of aromatic nitrogens is 3. The average molecular weight is 289 g/mol. The Morgan fingerprint density at radius 2 is 2.24 bits per heavy atom. The number of benzene rings is 1. The topological polar surface area (TPSA) is 116 Å². The molecule has 1 aromatic heterocycles. The summed E-state index contributed by atoms with van der Waals surface area (Å²) in [5, 5.41) is 27.5. The molecule has 0 unspecified atom stereocenters. The van der Waals surface area contributed by atoms with E-state index in [2.05, 4.69) is 10.3 Å². The highest BCUT2D eigenvalue weighted by Gasteiger charge is 2.19. The first kappa shape index (κ1) is 14.4. The Morgan fingerprint density at radius 1 is 1.48 bits per heavy atom. The van der Waals surface area contributed by atoms with Gasteiger partial charge in [-0.25, -0.2) is 4.68 Å². The van der Waals surface area contributed by atoms with Crippen LogP contribution in [0.1, 0.15) is 11.4 Å². The van der Waals surface area contributed by atoms with Gasteiger partial charge in [-0.1, -0.05) is 5.21 Å². The number of nitrogens with zero attached hydrogens (tertiary/aromatic N) is 5. The predicted molar refractivity (Wildman–Crippen MR) is 70.0 cm³/mol. The third-order valence-electron chi connectivity index (χ3n) is 2.75. The van der Waals surface area contributed by atoms with Crippen molar-refractivity contribution in [3.8, 4) is 17.5 Å². The number of methoxy groups -OCH3 is 2. The normalized spacial score (nSPS) is 10.1. The smallest absolute Gasteiger partial charge is 0.271 e. The van der Waals surface area contributed by atoms with Crippen LogP contribution in [0.5, 0.6) is 5.75 Å². The quantitative estimate of drug-likeness (QED) is 0.599. The molecular weight excluding hydrogens is 278 g/mol. The molecule has 0 N–H and O–H groups in total. The Labute approximate surface area is 119 Å². The first-order valence-electron chi connectivity index (χ1n) is 5.78. The van der Waals surface area contributed by atoms with Gasteiger partial charge in [0.2, 0.25) is 0 Å². The number of hydrogen-bond acceptors (Lipinski definition) is 7. The monoisotopic (exact) mass is 289 g/mol. The van der Waals surface area contributed by atoms with Crippen molar-refractivity contribution in [1.82, 2.24) is 15.0 Å². The summed E-state index contributed by atoms with van der Waals surface area (Å²) in [5.74, 6) is 0.368. The first-order valence-corrected chi connectivity index (χ1v) is 5.78. The van der Waals surface area contributed by atoms with E-state index in [-0.39, 0.29) is 18.0 Å². The van der Waals surface area contributed by atoms with Gasteiger partial charge in [-0.15, -0.1) is 5.10 Å². The summed E-state index contributed by atoms with van der Waals surface area (Å²) in [6.07, 6.45) is 0. The van der Waals surface area contributed by atoms with Crippen molar-refractivity contribution in [1.29, 1.82) is 5.26 Å². The Morgan fingerprint density at radius 3 is 2.81 bits per heavy atom. The number of nitriles is 1. The molecule has 9 heteroatoms. The maximum absolute atomic E-state index is 10.9. The molecule has 0 bridgehead atoms. The van der Waals surface area contributed by atoms with Crippen molar-refractivity contribution >= 4 is 5.69 Å². The van der Waals surface area contributed by atoms with Gasteiger partial charge >= 0.3 is 0 Å². The maximum atomic E-state index is 10.9. The van der Waals surface area contributed by atoms with Gasteiger partial charge in [-0.05, 0) is 6.07 Å². The van der Waals surface area contributed by atoms with E-state index in [1.54, 1.807) is 0 Å². The molecule has 0 saturated carbocycles. The predicted octanol–water partition coefficient (Wildman–Crippen LogP) is 1.20. The van der Waals surface area contributed by atoms with Crippen molar-refractivity contribution in [2.75, 3.05) is 14.2 Å². The molecule has 1 aromatic carbocycles. The molecule has 9 nitrogen and oxygen atoms in total. The minimum atomic E-state index is -0.527. The summed E-state index contributed by atoms with van der Waals surface area (Å²) in [7, 11) is 2.89. The van der Waals surface area contributed by atoms with Crippen LogP contribution in [-0.2, 0) is 11.3 Å². The first-order chi connectivity index (χ1) is 10.1.